The van der Waals surface area contributed by atoms with E-state index in [1.807, 2.05) is 175 Å². The summed E-state index contributed by atoms with van der Waals surface area (Å²) < 4.78 is 124. The number of rotatable bonds is 47. The zero-order chi connectivity index (χ0) is 112. The van der Waals surface area contributed by atoms with Gasteiger partial charge in [-0.15, -0.1) is 28.5 Å². The molecule has 0 bridgehead atoms. The number of carbonyl (C=O) groups is 3. The molecular formula is C96H205F3N2O25S12. The van der Waals surface area contributed by atoms with Crippen LogP contribution in [0.2, 0.25) is 0 Å². The van der Waals surface area contributed by atoms with Gasteiger partial charge in [-0.05, 0) is 314 Å². The van der Waals surface area contributed by atoms with Gasteiger partial charge >= 0.3 is 24.6 Å². The van der Waals surface area contributed by atoms with Crippen molar-refractivity contribution in [3.8, 4) is 0 Å². The fourth-order valence-electron chi connectivity index (χ4n) is 5.54. The molecule has 0 saturated heterocycles. The first-order chi connectivity index (χ1) is 63.4. The van der Waals surface area contributed by atoms with Crippen molar-refractivity contribution in [2.24, 2.45) is 5.90 Å². The number of nitrogens with zero attached hydrogens (tertiary/aromatic N) is 1. The number of halogens is 3. The van der Waals surface area contributed by atoms with Crippen molar-refractivity contribution in [1.82, 2.24) is 0 Å². The van der Waals surface area contributed by atoms with E-state index in [9.17, 15) is 37.7 Å². The molecular weight excluding hydrogens is 2020 g/mol. The summed E-state index contributed by atoms with van der Waals surface area (Å²) in [6, 6.07) is 10.3. The summed E-state index contributed by atoms with van der Waals surface area (Å²) in [5.41, 5.74) is 0.676. The molecule has 0 aromatic heterocycles. The van der Waals surface area contributed by atoms with Crippen molar-refractivity contribution in [3.63, 3.8) is 0 Å². The molecule has 3 unspecified atom stereocenters. The SMILES string of the molecule is C=CCOC(=O)OC(C)C.C=CCOC(C)C.CC(C)OC(C)(F)F.CC(C)OC(C)F.CC(C)OCSc1ccccc1.CC(C)ON.CC(C)OSSC(C)(C)C.CC(C)OSSC(C)C.CC(C)O[N+](=O)[O-].CCOC(=O)OC(C)C.CCOC(=O)OC(C)C.CCOC(C)C.CCOC(C)C.CCSC(C)OC(C)C.CCSSOC(C)C.CSSC(C)OC(C)C.CSSOC(C)C. The molecule has 42 heteroatoms. The molecule has 1 rings (SSSR count). The topological polar surface area (TPSA) is 305 Å². The smallest absolute Gasteiger partial charge is 0.435 e. The summed E-state index contributed by atoms with van der Waals surface area (Å²) in [7, 11) is 10.4. The number of alkyl halides is 3. The van der Waals surface area contributed by atoms with Crippen LogP contribution in [0.3, 0.4) is 0 Å². The lowest BCUT2D eigenvalue weighted by molar-refractivity contribution is -0.766. The van der Waals surface area contributed by atoms with Crippen molar-refractivity contribution in [3.05, 3.63) is 65.8 Å². The zero-order valence-electron chi connectivity index (χ0n) is 95.2. The molecule has 0 aliphatic carbocycles. The van der Waals surface area contributed by atoms with Crippen LogP contribution in [0.5, 0.6) is 0 Å². The summed E-state index contributed by atoms with van der Waals surface area (Å²) in [6.07, 6.45) is 3.98. The highest BCUT2D eigenvalue weighted by Crippen LogP contribution is 2.36. The molecule has 0 aliphatic rings. The van der Waals surface area contributed by atoms with Gasteiger partial charge < -0.3 is 92.7 Å². The lowest BCUT2D eigenvalue weighted by Crippen LogP contribution is -2.20. The maximum absolute atomic E-state index is 11.8. The van der Waals surface area contributed by atoms with E-state index in [1.54, 1.807) is 180 Å². The molecule has 0 saturated carbocycles. The second-order valence-electron chi connectivity index (χ2n) is 32.4. The Hall–Kier alpha value is -0.860. The van der Waals surface area contributed by atoms with Crippen molar-refractivity contribution in [2.75, 3.05) is 69.6 Å². The van der Waals surface area contributed by atoms with Gasteiger partial charge in [-0.2, -0.15) is 8.78 Å². The molecule has 842 valence electrons. The molecule has 2 N–H and O–H groups in total. The van der Waals surface area contributed by atoms with Gasteiger partial charge in [0.2, 0.25) is 0 Å². The van der Waals surface area contributed by atoms with E-state index in [0.717, 1.165) is 37.6 Å². The third-order valence-corrected chi connectivity index (χ3v) is 22.0. The Morgan fingerprint density at radius 1 is 0.420 bits per heavy atom. The Kier molecular flexibility index (Phi) is 166. The van der Waals surface area contributed by atoms with Gasteiger partial charge in [-0.3, -0.25) is 0 Å². The monoisotopic (exact) mass is 2230 g/mol. The molecule has 0 amide bonds. The van der Waals surface area contributed by atoms with Crippen molar-refractivity contribution < 1.29 is 125 Å². The van der Waals surface area contributed by atoms with Gasteiger partial charge in [0.1, 0.15) is 23.6 Å². The first-order valence-electron chi connectivity index (χ1n) is 46.8. The molecule has 1 aromatic carbocycles. The number of benzene rings is 1. The molecule has 0 aliphatic heterocycles. The lowest BCUT2D eigenvalue weighted by Gasteiger charge is -2.16. The fourth-order valence-corrected chi connectivity index (χ4v) is 13.8. The molecule has 0 fully saturated rings. The van der Waals surface area contributed by atoms with Gasteiger partial charge in [0.25, 0.3) is 5.09 Å². The number of nitrogens with two attached hydrogens (primary N) is 1. The molecule has 3 atom stereocenters. The predicted molar refractivity (Wildman–Crippen MR) is 607 cm³/mol. The van der Waals surface area contributed by atoms with E-state index >= 15 is 0 Å². The third-order valence-electron chi connectivity index (χ3n) is 9.47. The van der Waals surface area contributed by atoms with Crippen LogP contribution in [0.25, 0.3) is 0 Å². The van der Waals surface area contributed by atoms with E-state index in [2.05, 4.69) is 175 Å². The minimum absolute atomic E-state index is 0.000000000000000222. The van der Waals surface area contributed by atoms with Crippen LogP contribution in [-0.2, 0) is 92.7 Å². The zero-order valence-corrected chi connectivity index (χ0v) is 105. The number of ether oxygens (including phenoxy) is 14. The number of thioether (sulfide) groups is 2. The molecule has 1 aromatic rings. The summed E-state index contributed by atoms with van der Waals surface area (Å²) in [5, 5.41) is 9.24. The van der Waals surface area contributed by atoms with E-state index in [0.29, 0.717) is 102 Å². The molecule has 0 spiro atoms. The van der Waals surface area contributed by atoms with E-state index in [4.69, 9.17) is 45.2 Å². The Bertz CT molecular complexity index is 2440. The quantitative estimate of drug-likeness (QED) is 0.00605. The van der Waals surface area contributed by atoms with Crippen LogP contribution in [0.15, 0.2) is 60.5 Å². The Labute approximate surface area is 891 Å². The fraction of sp³-hybridized carbons (Fsp3) is 0.865. The molecule has 0 heterocycles. The normalized spacial score (nSPS) is 11.1. The molecule has 0 radical (unpaired) electrons. The van der Waals surface area contributed by atoms with Crippen LogP contribution in [0, 0.1) is 10.1 Å². The average Bonchev–Trinajstić information content (AvgIpc) is 0.961. The minimum atomic E-state index is -2.98. The minimum Gasteiger partial charge on any atom is -0.435 e. The predicted octanol–water partition coefficient (Wildman–Crippen LogP) is 34.1. The van der Waals surface area contributed by atoms with Crippen LogP contribution < -0.4 is 5.90 Å². The van der Waals surface area contributed by atoms with E-state index in [-0.39, 0.29) is 43.2 Å². The van der Waals surface area contributed by atoms with Gasteiger partial charge in [-0.25, -0.2) is 24.7 Å². The van der Waals surface area contributed by atoms with Crippen LogP contribution in [-0.4, -0.2) is 230 Å². The van der Waals surface area contributed by atoms with E-state index < -0.39 is 42.1 Å². The van der Waals surface area contributed by atoms with Crippen molar-refractivity contribution in [2.45, 2.75) is 481 Å². The van der Waals surface area contributed by atoms with Crippen LogP contribution in [0.1, 0.15) is 339 Å². The molecule has 27 nitrogen and oxygen atoms in total. The van der Waals surface area contributed by atoms with Crippen LogP contribution in [0.4, 0.5) is 27.6 Å². The second kappa shape index (κ2) is 132. The van der Waals surface area contributed by atoms with Gasteiger partial charge in [0.05, 0.1) is 168 Å². The maximum Gasteiger partial charge on any atom is 0.508 e. The third kappa shape index (κ3) is 263. The summed E-state index contributed by atoms with van der Waals surface area (Å²) in [5.74, 6) is 7.65. The maximum atomic E-state index is 11.8. The Morgan fingerprint density at radius 2 is 0.783 bits per heavy atom. The number of hydrogen-bond acceptors (Lipinski definition) is 38. The average molecular weight is 2230 g/mol. The van der Waals surface area contributed by atoms with E-state index in [1.165, 1.54) is 62.2 Å². The van der Waals surface area contributed by atoms with Gasteiger partial charge in [0, 0.05) is 40.8 Å². The van der Waals surface area contributed by atoms with Crippen LogP contribution >= 0.6 is 133 Å². The lowest BCUT2D eigenvalue weighted by atomic mass is 10.3. The highest BCUT2D eigenvalue weighted by Gasteiger charge is 2.23. The van der Waals surface area contributed by atoms with Crippen molar-refractivity contribution >= 4 is 151 Å². The summed E-state index contributed by atoms with van der Waals surface area (Å²) in [4.78, 5) is 50.2. The largest absolute Gasteiger partial charge is 0.508 e. The van der Waals surface area contributed by atoms with Gasteiger partial charge in [0.15, 0.2) is 6.36 Å². The molecule has 138 heavy (non-hydrogen) atoms. The number of hydrogen-bond donors (Lipinski definition) is 1. The summed E-state index contributed by atoms with van der Waals surface area (Å²) in [6.45, 7) is 104. The second-order valence-corrected chi connectivity index (χ2v) is 47.2. The number of carbonyl (C=O) groups excluding carboxylic acids is 3. The first-order valence-corrected chi connectivity index (χ1v) is 60.4. The Morgan fingerprint density at radius 3 is 1.00 bits per heavy atom. The van der Waals surface area contributed by atoms with Crippen molar-refractivity contribution in [1.29, 1.82) is 0 Å². The Balaban J connectivity index is -0.0000000821. The van der Waals surface area contributed by atoms with Gasteiger partial charge in [-0.1, -0.05) is 162 Å². The standard InChI is InChI=1S/C10H14OS.C7H12O3.C7H16OS2.C7H16OS.2C6H12O3.2C6H14OS2.C6H12O.C5H10F2O.C5H11FO.C5H12OS2.2C5H12O.C4H10OS2.C3H7NO3.C3H9NO/c1-9(2)11-8-12-10-6-4-3-5-7-10;1-4-5-9-7(8)10-6(2)3;1-6(2)8-10-9-7(3,4)5;1-5-9-7(4)8-6(2)3;2*1-4-8-6(7)9-5(2)3;1-5(2)7-6(3)9-8-4;1-5(2)7-9-8-6(3)4;1-4-5-7-6(2)3;1-4(2)8-5(3,6)7;1-4(2)7-5(3)6;1-4-7-8-6-5(2)3;2*1-4-6-5(2)3;1-4(2)5-7-6-3;1-3(2)7-4(5)6;1-3(2)5-4/h3-7,9H,8H2,1-2H3;4,6H,1,5H2,2-3H3;6H,1-5H3;6-7H,5H2,1-4H3;2*5H,4H2,1-3H3;2*5-6H,1-4H3;4,6H,1,5H2,2-3H3;4H,1-3H3;4-5H,1-3H3;5H,4H2,1-3H3;2*5H,4H2,1-3H3;4H,1-3H3;3H,1-2H3;3H,4H2,1-2H3. The summed E-state index contributed by atoms with van der Waals surface area (Å²) >= 11 is 9.45. The first kappa shape index (κ1) is 173. The highest BCUT2D eigenvalue weighted by molar-refractivity contribution is 8.77. The highest BCUT2D eigenvalue weighted by atomic mass is 33.1.